The zero-order chi connectivity index (χ0) is 28.7. The summed E-state index contributed by atoms with van der Waals surface area (Å²) >= 11 is 0. The van der Waals surface area contributed by atoms with Crippen LogP contribution in [0.15, 0.2) is 30.3 Å². The normalized spacial score (nSPS) is 42.7. The van der Waals surface area contributed by atoms with Crippen molar-refractivity contribution in [2.24, 2.45) is 28.6 Å². The number of ether oxygens (including phenoxy) is 3. The molecule has 10 heteroatoms. The lowest BCUT2D eigenvalue weighted by Crippen LogP contribution is -2.82. The van der Waals surface area contributed by atoms with Gasteiger partial charge in [0.25, 0.3) is 0 Å². The molecule has 1 saturated heterocycles. The van der Waals surface area contributed by atoms with Crippen LogP contribution in [0, 0.1) is 28.6 Å². The number of carbonyl (C=O) groups is 5. The number of carbonyl (C=O) groups excluding carboxylic acids is 5. The van der Waals surface area contributed by atoms with Gasteiger partial charge in [-0.1, -0.05) is 39.0 Å². The highest BCUT2D eigenvalue weighted by Crippen LogP contribution is 2.63. The number of aliphatic hydroxyl groups excluding tert-OH is 1. The Hall–Kier alpha value is -2.95. The average Bonchev–Trinajstić information content (AvgIpc) is 2.87. The molecular weight excluding hydrogens is 508 g/mol. The fourth-order valence-electron chi connectivity index (χ4n) is 7.74. The Morgan fingerprint density at radius 1 is 1.08 bits per heavy atom. The maximum Gasteiger partial charge on any atom is 0.338 e. The number of rotatable bonds is 3. The monoisotopic (exact) mass is 542 g/mol. The first-order chi connectivity index (χ1) is 18.1. The molecule has 0 spiro atoms. The first kappa shape index (κ1) is 27.6. The van der Waals surface area contributed by atoms with Crippen LogP contribution in [0.5, 0.6) is 0 Å². The molecule has 9 atom stereocenters. The Bertz CT molecular complexity index is 1260. The molecule has 5 rings (SSSR count). The fraction of sp³-hybridized carbons (Fsp3) is 0.621. The summed E-state index contributed by atoms with van der Waals surface area (Å²) in [6.45, 7) is 7.03. The van der Waals surface area contributed by atoms with Gasteiger partial charge < -0.3 is 24.4 Å². The maximum absolute atomic E-state index is 14.2. The summed E-state index contributed by atoms with van der Waals surface area (Å²) < 4.78 is 17.6. The van der Waals surface area contributed by atoms with Crippen LogP contribution in [0.3, 0.4) is 0 Å². The van der Waals surface area contributed by atoms with Crippen LogP contribution in [0.25, 0.3) is 0 Å². The SMILES string of the molecule is CC(=O)O[C@@]12CO[C@@H]1CC(O)[C@@]1(C)C(=O)C(=O)C3C(C)C(=O)C[C@@](O)([C@@H](OC(=O)c4ccccc4)[C@H]21)C3(C)C. The Labute approximate surface area is 226 Å². The number of aliphatic hydroxyl groups is 2. The van der Waals surface area contributed by atoms with E-state index >= 15 is 0 Å². The van der Waals surface area contributed by atoms with Crippen molar-refractivity contribution in [2.75, 3.05) is 6.61 Å². The molecule has 10 nitrogen and oxygen atoms in total. The van der Waals surface area contributed by atoms with Crippen LogP contribution in [0.1, 0.15) is 57.8 Å². The second-order valence-corrected chi connectivity index (χ2v) is 12.3. The highest BCUT2D eigenvalue weighted by Gasteiger charge is 2.79. The molecule has 0 aromatic heterocycles. The molecule has 210 valence electrons. The number of benzene rings is 1. The standard InChI is InChI=1S/C29H34O10/c1-14-17(31)12-29(36)24(38-25(35)16-9-7-6-8-10-16)22-27(5,23(34)21(33)20(14)26(29,3)4)18(32)11-19-28(22,13-37-19)39-15(2)30/h6-10,14,18-20,22,24,32,36H,11-13H2,1-5H3/t14?,18?,19-,20?,22+,24+,27-,28+,29-/m1/s1. The van der Waals surface area contributed by atoms with Crippen molar-refractivity contribution < 1.29 is 48.4 Å². The Morgan fingerprint density at radius 2 is 1.72 bits per heavy atom. The van der Waals surface area contributed by atoms with E-state index in [1.54, 1.807) is 39.0 Å². The first-order valence-corrected chi connectivity index (χ1v) is 13.2. The van der Waals surface area contributed by atoms with Crippen molar-refractivity contribution in [3.05, 3.63) is 35.9 Å². The summed E-state index contributed by atoms with van der Waals surface area (Å²) in [5.74, 6) is -7.42. The van der Waals surface area contributed by atoms with E-state index in [4.69, 9.17) is 14.2 Å². The molecule has 0 radical (unpaired) electrons. The average molecular weight is 543 g/mol. The third-order valence-corrected chi connectivity index (χ3v) is 10.0. The predicted molar refractivity (Wildman–Crippen MR) is 133 cm³/mol. The molecular formula is C29H34O10. The van der Waals surface area contributed by atoms with Gasteiger partial charge in [-0.25, -0.2) is 4.79 Å². The van der Waals surface area contributed by atoms with Crippen molar-refractivity contribution >= 4 is 29.3 Å². The summed E-state index contributed by atoms with van der Waals surface area (Å²) in [7, 11) is 0. The zero-order valence-corrected chi connectivity index (χ0v) is 22.6. The van der Waals surface area contributed by atoms with E-state index in [2.05, 4.69) is 0 Å². The minimum Gasteiger partial charge on any atom is -0.455 e. The zero-order valence-electron chi connectivity index (χ0n) is 22.6. The lowest BCUT2D eigenvalue weighted by molar-refractivity contribution is -0.346. The number of Topliss-reactive ketones (excluding diaryl/α,β-unsaturated/α-hetero) is 3. The molecule has 3 saturated carbocycles. The van der Waals surface area contributed by atoms with E-state index in [0.717, 1.165) is 0 Å². The van der Waals surface area contributed by atoms with Gasteiger partial charge in [0.05, 0.1) is 29.6 Å². The Kier molecular flexibility index (Phi) is 6.21. The van der Waals surface area contributed by atoms with Gasteiger partial charge in [0, 0.05) is 37.0 Å². The molecule has 1 aromatic rings. The third kappa shape index (κ3) is 3.54. The van der Waals surface area contributed by atoms with E-state index in [0.29, 0.717) is 0 Å². The summed E-state index contributed by atoms with van der Waals surface area (Å²) in [5, 5.41) is 24.0. The van der Waals surface area contributed by atoms with Gasteiger partial charge in [0.1, 0.15) is 23.6 Å². The van der Waals surface area contributed by atoms with Crippen LogP contribution in [0.4, 0.5) is 0 Å². The van der Waals surface area contributed by atoms with E-state index in [1.807, 2.05) is 0 Å². The van der Waals surface area contributed by atoms with Crippen molar-refractivity contribution in [3.8, 4) is 0 Å². The molecule has 4 fully saturated rings. The van der Waals surface area contributed by atoms with Gasteiger partial charge >= 0.3 is 11.9 Å². The molecule has 3 unspecified atom stereocenters. The topological polar surface area (TPSA) is 154 Å². The predicted octanol–water partition coefficient (Wildman–Crippen LogP) is 1.43. The van der Waals surface area contributed by atoms with Gasteiger partial charge in [-0.3, -0.25) is 19.2 Å². The molecule has 39 heavy (non-hydrogen) atoms. The van der Waals surface area contributed by atoms with Gasteiger partial charge in [0.15, 0.2) is 5.60 Å². The number of hydrogen-bond acceptors (Lipinski definition) is 10. The van der Waals surface area contributed by atoms with Gasteiger partial charge in [-0.15, -0.1) is 0 Å². The summed E-state index contributed by atoms with van der Waals surface area (Å²) in [5.41, 5.74) is -7.00. The number of ketones is 3. The maximum atomic E-state index is 14.2. The van der Waals surface area contributed by atoms with E-state index < -0.39 is 93.8 Å². The minimum atomic E-state index is -2.17. The van der Waals surface area contributed by atoms with E-state index in [1.165, 1.54) is 26.0 Å². The van der Waals surface area contributed by atoms with Crippen molar-refractivity contribution in [2.45, 2.75) is 77.0 Å². The molecule has 4 aliphatic rings. The van der Waals surface area contributed by atoms with Gasteiger partial charge in [0.2, 0.25) is 11.6 Å². The summed E-state index contributed by atoms with van der Waals surface area (Å²) in [6, 6.07) is 7.99. The largest absolute Gasteiger partial charge is 0.455 e. The van der Waals surface area contributed by atoms with E-state index in [-0.39, 0.29) is 18.6 Å². The van der Waals surface area contributed by atoms with E-state index in [9.17, 15) is 34.2 Å². The lowest BCUT2D eigenvalue weighted by Gasteiger charge is -2.67. The lowest BCUT2D eigenvalue weighted by atomic mass is 9.42. The van der Waals surface area contributed by atoms with Crippen LogP contribution in [-0.2, 0) is 33.4 Å². The molecule has 2 N–H and O–H groups in total. The minimum absolute atomic E-state index is 0.125. The van der Waals surface area contributed by atoms with Crippen LogP contribution in [0.2, 0.25) is 0 Å². The van der Waals surface area contributed by atoms with Crippen LogP contribution >= 0.6 is 0 Å². The number of esters is 2. The Morgan fingerprint density at radius 3 is 2.28 bits per heavy atom. The van der Waals surface area contributed by atoms with Crippen LogP contribution < -0.4 is 0 Å². The van der Waals surface area contributed by atoms with Crippen molar-refractivity contribution in [1.82, 2.24) is 0 Å². The number of hydrogen-bond donors (Lipinski definition) is 2. The Balaban J connectivity index is 1.80. The molecule has 1 heterocycles. The molecule has 1 aliphatic heterocycles. The highest BCUT2D eigenvalue weighted by molar-refractivity contribution is 6.41. The molecule has 0 amide bonds. The van der Waals surface area contributed by atoms with Gasteiger partial charge in [-0.05, 0) is 19.1 Å². The third-order valence-electron chi connectivity index (χ3n) is 10.0. The molecule has 3 aliphatic carbocycles. The second-order valence-electron chi connectivity index (χ2n) is 12.3. The molecule has 1 aromatic carbocycles. The smallest absolute Gasteiger partial charge is 0.338 e. The second kappa shape index (κ2) is 8.78. The number of fused-ring (bicyclic) bond motifs is 5. The highest BCUT2D eigenvalue weighted by atomic mass is 16.6. The quantitative estimate of drug-likeness (QED) is 0.424. The molecule has 2 bridgehead atoms. The van der Waals surface area contributed by atoms with Gasteiger partial charge in [-0.2, -0.15) is 0 Å². The van der Waals surface area contributed by atoms with Crippen molar-refractivity contribution in [1.29, 1.82) is 0 Å². The first-order valence-electron chi connectivity index (χ1n) is 13.2. The van der Waals surface area contributed by atoms with Crippen molar-refractivity contribution in [3.63, 3.8) is 0 Å². The fourth-order valence-corrected chi connectivity index (χ4v) is 7.74. The van der Waals surface area contributed by atoms with Crippen LogP contribution in [-0.4, -0.2) is 75.6 Å². The summed E-state index contributed by atoms with van der Waals surface area (Å²) in [4.78, 5) is 67.4. The summed E-state index contributed by atoms with van der Waals surface area (Å²) in [6.07, 6.45) is -4.59.